The van der Waals surface area contributed by atoms with Gasteiger partial charge in [0.1, 0.15) is 11.2 Å². The monoisotopic (exact) mass is 940 g/mol. The first kappa shape index (κ1) is 43.3. The number of anilines is 5. The molecule has 0 atom stereocenters. The van der Waals surface area contributed by atoms with Gasteiger partial charge in [-0.1, -0.05) is 140 Å². The van der Waals surface area contributed by atoms with E-state index in [9.17, 15) is 0 Å². The van der Waals surface area contributed by atoms with Crippen LogP contribution in [0.15, 0.2) is 144 Å². The maximum Gasteiger partial charge on any atom is 0.375 e. The second-order valence-corrected chi connectivity index (χ2v) is 25.3. The maximum absolute atomic E-state index is 7.83. The highest BCUT2D eigenvalue weighted by Gasteiger charge is 2.51. The number of thiophene rings is 1. The van der Waals surface area contributed by atoms with Crippen LogP contribution in [0.3, 0.4) is 0 Å². The Balaban J connectivity index is 1.19. The van der Waals surface area contributed by atoms with E-state index in [1.807, 2.05) is 11.3 Å². The molecule has 10 aromatic rings. The Hall–Kier alpha value is -6.56. The summed E-state index contributed by atoms with van der Waals surface area (Å²) in [5.74, 6) is 0. The fraction of sp³-hybridized carbons (Fsp3) is 0.273. The fourth-order valence-electron chi connectivity index (χ4n) is 13.8. The molecule has 5 heteroatoms. The third-order valence-corrected chi connectivity index (χ3v) is 19.1. The van der Waals surface area contributed by atoms with Gasteiger partial charge in [0, 0.05) is 53.9 Å². The summed E-state index contributed by atoms with van der Waals surface area (Å²) in [4.78, 5) is 5.38. The molecular formula is C66H61BN2OS. The van der Waals surface area contributed by atoms with Crippen molar-refractivity contribution in [1.82, 2.24) is 0 Å². The molecular weight excluding hydrogens is 880 g/mol. The molecule has 2 aromatic heterocycles. The minimum Gasteiger partial charge on any atom is -0.466 e. The van der Waals surface area contributed by atoms with Crippen LogP contribution in [0.4, 0.5) is 28.4 Å². The molecule has 0 amide bonds. The van der Waals surface area contributed by atoms with Crippen molar-refractivity contribution < 1.29 is 4.42 Å². The number of furan rings is 1. The summed E-state index contributed by atoms with van der Waals surface area (Å²) in [5, 5.41) is 6.28. The van der Waals surface area contributed by atoms with Gasteiger partial charge in [0.15, 0.2) is 0 Å². The number of hydrogen-bond acceptors (Lipinski definition) is 4. The SMILES string of the molecule is Cc1ccccc1-c1cc2c3c(c1)N(c1cc4c(cc1C)C(C)(C)CCC4(C)C)c1c(oc4cc5c(cc14)C(C)(C)CCC5(C)C)B3N(c1cccc3sc4ccccc4c13)c1ccc3ccccc3c1-2. The van der Waals surface area contributed by atoms with Gasteiger partial charge in [-0.25, -0.2) is 0 Å². The predicted octanol–water partition coefficient (Wildman–Crippen LogP) is 17.6. The van der Waals surface area contributed by atoms with Crippen LogP contribution in [-0.4, -0.2) is 6.85 Å². The molecule has 4 aliphatic rings. The zero-order valence-corrected chi connectivity index (χ0v) is 43.7. The van der Waals surface area contributed by atoms with Crippen molar-refractivity contribution in [3.63, 3.8) is 0 Å². The summed E-state index contributed by atoms with van der Waals surface area (Å²) in [6.07, 6.45) is 4.60. The van der Waals surface area contributed by atoms with E-state index >= 15 is 0 Å². The fourth-order valence-corrected chi connectivity index (χ4v) is 14.9. The van der Waals surface area contributed by atoms with Gasteiger partial charge in [-0.15, -0.1) is 11.3 Å². The Morgan fingerprint density at radius 2 is 1.13 bits per heavy atom. The van der Waals surface area contributed by atoms with Crippen molar-refractivity contribution in [3.8, 4) is 22.3 Å². The molecule has 2 aliphatic carbocycles. The maximum atomic E-state index is 7.83. The highest BCUT2D eigenvalue weighted by molar-refractivity contribution is 7.26. The normalized spacial score (nSPS) is 17.9. The molecule has 71 heavy (non-hydrogen) atoms. The topological polar surface area (TPSA) is 19.6 Å². The number of nitrogens with zero attached hydrogens (tertiary/aromatic N) is 2. The van der Waals surface area contributed by atoms with Crippen molar-refractivity contribution in [2.75, 3.05) is 9.71 Å². The van der Waals surface area contributed by atoms with E-state index in [2.05, 4.69) is 218 Å². The molecule has 0 unspecified atom stereocenters. The van der Waals surface area contributed by atoms with Crippen LogP contribution in [0.2, 0.25) is 0 Å². The number of rotatable bonds is 3. The van der Waals surface area contributed by atoms with E-state index < -0.39 is 0 Å². The van der Waals surface area contributed by atoms with Gasteiger partial charge in [0.05, 0.1) is 5.69 Å². The van der Waals surface area contributed by atoms with Crippen LogP contribution in [0.5, 0.6) is 0 Å². The third-order valence-electron chi connectivity index (χ3n) is 18.0. The van der Waals surface area contributed by atoms with Crippen molar-refractivity contribution in [3.05, 3.63) is 173 Å². The Labute approximate surface area is 423 Å². The highest BCUT2D eigenvalue weighted by Crippen LogP contribution is 2.57. The van der Waals surface area contributed by atoms with Crippen LogP contribution in [-0.2, 0) is 21.7 Å². The standard InChI is InChI=1S/C66H61BN2OS/c1-38-18-11-13-20-42(38)41-33-46-58-43-21-14-12-19-40(43)26-27-52(58)69(51-23-17-25-57-59(51)44-22-15-16-24-56(44)71-57)67-60(46)54(34-41)68(53-36-49-47(32-39(53)2)63(3,4)28-30-65(49,7)8)61-45-35-48-50(37-55(45)70-62(61)67)66(9,10)31-29-64(48,5)6/h11-27,32-37H,28-31H2,1-10H3. The van der Waals surface area contributed by atoms with Crippen molar-refractivity contribution in [2.45, 2.75) is 117 Å². The van der Waals surface area contributed by atoms with Crippen LogP contribution in [0, 0.1) is 13.8 Å². The zero-order valence-electron chi connectivity index (χ0n) is 42.9. The minimum atomic E-state index is -0.283. The van der Waals surface area contributed by atoms with Crippen molar-refractivity contribution in [1.29, 1.82) is 0 Å². The van der Waals surface area contributed by atoms with Crippen LogP contribution >= 0.6 is 11.3 Å². The first-order valence-corrected chi connectivity index (χ1v) is 26.9. The number of fused-ring (bicyclic) bond motifs is 13. The zero-order chi connectivity index (χ0) is 48.7. The van der Waals surface area contributed by atoms with Gasteiger partial charge >= 0.3 is 6.85 Å². The number of benzene rings is 8. The number of hydrogen-bond donors (Lipinski definition) is 0. The summed E-state index contributed by atoms with van der Waals surface area (Å²) in [6.45, 7) is 24.0. The van der Waals surface area contributed by atoms with Crippen LogP contribution < -0.4 is 20.8 Å². The minimum absolute atomic E-state index is 0.00956. The van der Waals surface area contributed by atoms with E-state index in [-0.39, 0.29) is 28.5 Å². The molecule has 14 rings (SSSR count). The average Bonchev–Trinajstić information content (AvgIpc) is 3.93. The summed E-state index contributed by atoms with van der Waals surface area (Å²) >= 11 is 1.89. The first-order chi connectivity index (χ1) is 34.0. The molecule has 4 heterocycles. The average molecular weight is 941 g/mol. The molecule has 0 saturated carbocycles. The Bertz CT molecular complexity index is 3950. The Morgan fingerprint density at radius 3 is 1.87 bits per heavy atom. The van der Waals surface area contributed by atoms with Gasteiger partial charge < -0.3 is 14.1 Å². The molecule has 0 N–H and O–H groups in total. The van der Waals surface area contributed by atoms with Crippen LogP contribution in [0.25, 0.3) is 64.2 Å². The largest absolute Gasteiger partial charge is 0.466 e. The lowest BCUT2D eigenvalue weighted by molar-refractivity contribution is 0.332. The smallest absolute Gasteiger partial charge is 0.375 e. The second kappa shape index (κ2) is 14.5. The molecule has 2 aliphatic heterocycles. The first-order valence-electron chi connectivity index (χ1n) is 26.0. The molecule has 0 fully saturated rings. The molecule has 0 spiro atoms. The van der Waals surface area contributed by atoms with E-state index in [4.69, 9.17) is 4.42 Å². The summed E-state index contributed by atoms with van der Waals surface area (Å²) in [5.41, 5.74) is 22.8. The second-order valence-electron chi connectivity index (χ2n) is 24.2. The summed E-state index contributed by atoms with van der Waals surface area (Å²) < 4.78 is 10.4. The molecule has 0 bridgehead atoms. The molecule has 3 nitrogen and oxygen atoms in total. The summed E-state index contributed by atoms with van der Waals surface area (Å²) in [6, 6.07) is 54.0. The lowest BCUT2D eigenvalue weighted by atomic mass is 9.45. The van der Waals surface area contributed by atoms with E-state index in [1.165, 1.54) is 132 Å². The predicted molar refractivity (Wildman–Crippen MR) is 306 cm³/mol. The molecule has 350 valence electrons. The van der Waals surface area contributed by atoms with Gasteiger partial charge in [0.25, 0.3) is 0 Å². The Kier molecular flexibility index (Phi) is 8.86. The Morgan fingerprint density at radius 1 is 0.493 bits per heavy atom. The van der Waals surface area contributed by atoms with E-state index in [0.717, 1.165) is 30.5 Å². The van der Waals surface area contributed by atoms with Gasteiger partial charge in [-0.05, 0) is 182 Å². The van der Waals surface area contributed by atoms with Gasteiger partial charge in [0.2, 0.25) is 0 Å². The lowest BCUT2D eigenvalue weighted by Gasteiger charge is -2.46. The number of aryl methyl sites for hydroxylation is 2. The summed E-state index contributed by atoms with van der Waals surface area (Å²) in [7, 11) is 0. The van der Waals surface area contributed by atoms with E-state index in [1.54, 1.807) is 0 Å². The molecule has 8 aromatic carbocycles. The van der Waals surface area contributed by atoms with Gasteiger partial charge in [-0.3, -0.25) is 0 Å². The molecule has 0 radical (unpaired) electrons. The lowest BCUT2D eigenvalue weighted by Crippen LogP contribution is -2.61. The van der Waals surface area contributed by atoms with Crippen LogP contribution in [0.1, 0.15) is 114 Å². The van der Waals surface area contributed by atoms with E-state index in [0.29, 0.717) is 0 Å². The third kappa shape index (κ3) is 6.02. The van der Waals surface area contributed by atoms with Crippen molar-refractivity contribution >= 4 is 99.7 Å². The van der Waals surface area contributed by atoms with Crippen molar-refractivity contribution in [2.24, 2.45) is 0 Å². The highest BCUT2D eigenvalue weighted by atomic mass is 32.1. The molecule has 0 saturated heterocycles. The quantitative estimate of drug-likeness (QED) is 0.165. The van der Waals surface area contributed by atoms with Gasteiger partial charge in [-0.2, -0.15) is 0 Å².